The number of halogens is 6. The average molecular weight is 1360 g/mol. The van der Waals surface area contributed by atoms with Gasteiger partial charge in [-0.2, -0.15) is 0 Å². The third-order valence-electron chi connectivity index (χ3n) is 19.3. The molecule has 0 radical (unpaired) electrons. The first-order valence-corrected chi connectivity index (χ1v) is 34.5. The summed E-state index contributed by atoms with van der Waals surface area (Å²) >= 11 is 26.9. The molecule has 12 rings (SSSR count). The molecular formula is C68H82Cl4F2N10O5S2. The normalized spacial score (nSPS) is 28.3. The lowest BCUT2D eigenvalue weighted by molar-refractivity contribution is -0.144. The zero-order valence-electron chi connectivity index (χ0n) is 53.6. The van der Waals surface area contributed by atoms with Crippen molar-refractivity contribution in [2.24, 2.45) is 21.8 Å². The van der Waals surface area contributed by atoms with Crippen molar-refractivity contribution in [2.75, 3.05) is 53.4 Å². The topological polar surface area (TPSA) is 148 Å². The molecule has 10 atom stereocenters. The quantitative estimate of drug-likeness (QED) is 0.156. The highest BCUT2D eigenvalue weighted by molar-refractivity contribution is 8.18. The summed E-state index contributed by atoms with van der Waals surface area (Å²) in [7, 11) is 4.21. The molecule has 2 unspecified atom stereocenters. The van der Waals surface area contributed by atoms with Crippen LogP contribution in [0.3, 0.4) is 0 Å². The molecule has 0 aliphatic carbocycles. The smallest absolute Gasteiger partial charge is 0.344 e. The standard InChI is InChI=1S/C34H40Cl2FN5O2S.C22H19Cl2FN2O2S.C12H23N3O/c1-19(2)28-29(32(44)41-20(3)7-14-27(41)31(43)40-16-15-39(6)21(4)18-40)45-33-38-34(5,23-9-11-24(35)12-10-23)30(42(28)33)22-8-13-25(36)26(37)17-22;1-11(2)17-18(20(28)29)30-21-26-22(3,13-5-7-14(23)8-6-13)19(27(17)21)12-4-9-15(24)16(25)10-12;1-9-4-5-11(13-9)12(16)15-7-6-14(3)10(2)8-15/h8-13,17,19-21,27,30H,7,14-16,18H2,1-6H3;4-11,19H,1-3H3,(H,28,29);9-11,13H,4-8H2,1-3H3/t20-,21-,27+,30-,34+;;9-,10-,11+/m1.1/s1. The summed E-state index contributed by atoms with van der Waals surface area (Å²) in [5.74, 6) is -1.94. The van der Waals surface area contributed by atoms with Crippen molar-refractivity contribution in [3.63, 3.8) is 0 Å². The highest BCUT2D eigenvalue weighted by Crippen LogP contribution is 2.58. The second-order valence-corrected chi connectivity index (χ2v) is 30.0. The number of aliphatic imine (C=N–C) groups is 2. The minimum absolute atomic E-state index is 0.0324. The Hall–Kier alpha value is -5.22. The summed E-state index contributed by atoms with van der Waals surface area (Å²) in [5.41, 5.74) is 3.10. The number of nitrogens with one attached hydrogen (secondary N) is 1. The van der Waals surface area contributed by atoms with Gasteiger partial charge in [0.05, 0.1) is 28.2 Å². The van der Waals surface area contributed by atoms with Gasteiger partial charge in [0.2, 0.25) is 11.8 Å². The molecule has 8 heterocycles. The first kappa shape index (κ1) is 68.6. The van der Waals surface area contributed by atoms with Crippen LogP contribution in [0.4, 0.5) is 8.78 Å². The number of carbonyl (C=O) groups is 4. The number of likely N-dealkylation sites (tertiary alicyclic amines) is 1. The molecule has 23 heteroatoms. The first-order valence-electron chi connectivity index (χ1n) is 31.4. The number of benzene rings is 4. The van der Waals surface area contributed by atoms with E-state index in [0.29, 0.717) is 79.6 Å². The van der Waals surface area contributed by atoms with Crippen molar-refractivity contribution in [3.05, 3.63) is 160 Å². The number of likely N-dealkylation sites (N-methyl/N-ethyl adjacent to an activating group) is 2. The monoisotopic (exact) mass is 1360 g/mol. The number of carbonyl (C=O) groups excluding carboxylic acids is 3. The van der Waals surface area contributed by atoms with Crippen LogP contribution >= 0.6 is 69.9 Å². The Kier molecular flexibility index (Phi) is 20.8. The number of carboxylic acid groups (broad SMARTS) is 1. The van der Waals surface area contributed by atoms with E-state index in [4.69, 9.17) is 56.4 Å². The fourth-order valence-corrected chi connectivity index (χ4v) is 17.0. The SMILES string of the molecule is CC(C)C1=C(C(=O)N2[C@H](C)CC[C@H]2C(=O)N2CCN(C)[C@H](C)C2)SC2=N[C@@](C)(c3ccc(Cl)cc3)[C@@H](c3ccc(Cl)c(F)c3)N21.CC(C)C1=C(C(=O)O)SC2=NC(C)(c3ccc(Cl)cc3)C(c3ccc(Cl)c(F)c3)N21.C[C@@H]1CC[C@@H](C(=O)N2CCN(C)[C@H](C)C2)N1. The van der Waals surface area contributed by atoms with E-state index in [1.165, 1.54) is 30.0 Å². The van der Waals surface area contributed by atoms with Gasteiger partial charge >= 0.3 is 5.97 Å². The van der Waals surface area contributed by atoms with Crippen LogP contribution in [0.5, 0.6) is 0 Å². The molecule has 4 saturated heterocycles. The maximum absolute atomic E-state index is 15.0. The highest BCUT2D eigenvalue weighted by Gasteiger charge is 2.56. The predicted molar refractivity (Wildman–Crippen MR) is 363 cm³/mol. The fraction of sp³-hybridized carbons (Fsp3) is 0.500. The zero-order valence-corrected chi connectivity index (χ0v) is 58.3. The third kappa shape index (κ3) is 13.6. The van der Waals surface area contributed by atoms with E-state index in [2.05, 4.69) is 68.7 Å². The predicted octanol–water partition coefficient (Wildman–Crippen LogP) is 13.7. The summed E-state index contributed by atoms with van der Waals surface area (Å²) in [6.45, 7) is 25.4. The van der Waals surface area contributed by atoms with Gasteiger partial charge in [-0.05, 0) is 187 Å². The molecule has 4 fully saturated rings. The second-order valence-electron chi connectivity index (χ2n) is 26.3. The molecule has 0 saturated carbocycles. The molecule has 4 aromatic rings. The van der Waals surface area contributed by atoms with E-state index < -0.39 is 46.8 Å². The Morgan fingerprint density at radius 3 is 1.44 bits per heavy atom. The fourth-order valence-electron chi connectivity index (χ4n) is 13.9. The average Bonchev–Trinajstić information content (AvgIpc) is 1.57. The van der Waals surface area contributed by atoms with Gasteiger partial charge in [-0.25, -0.2) is 23.6 Å². The van der Waals surface area contributed by atoms with E-state index in [9.17, 15) is 33.1 Å². The zero-order chi connectivity index (χ0) is 65.9. The number of amidine groups is 2. The Balaban J connectivity index is 0.000000169. The number of nitrogens with zero attached hydrogens (tertiary/aromatic N) is 9. The number of hydrogen-bond donors (Lipinski definition) is 2. The van der Waals surface area contributed by atoms with Crippen LogP contribution in [-0.4, -0.2) is 163 Å². The van der Waals surface area contributed by atoms with E-state index in [1.807, 2.05) is 96.7 Å². The second kappa shape index (κ2) is 27.6. The lowest BCUT2D eigenvalue weighted by Crippen LogP contribution is -2.57. The molecule has 8 aliphatic heterocycles. The number of amides is 3. The minimum Gasteiger partial charge on any atom is -0.477 e. The third-order valence-corrected chi connectivity index (χ3v) is 22.5. The van der Waals surface area contributed by atoms with Gasteiger partial charge in [-0.1, -0.05) is 110 Å². The lowest BCUT2D eigenvalue weighted by Gasteiger charge is -2.40. The number of piperazine rings is 2. The van der Waals surface area contributed by atoms with E-state index in [1.54, 1.807) is 24.3 Å². The Morgan fingerprint density at radius 1 is 0.593 bits per heavy atom. The molecule has 0 bridgehead atoms. The number of carboxylic acids is 1. The number of rotatable bonds is 10. The van der Waals surface area contributed by atoms with Crippen LogP contribution in [-0.2, 0) is 30.3 Å². The van der Waals surface area contributed by atoms with Crippen molar-refractivity contribution in [2.45, 2.75) is 154 Å². The van der Waals surface area contributed by atoms with Crippen molar-refractivity contribution in [3.8, 4) is 0 Å². The molecule has 8 aliphatic rings. The molecule has 2 N–H and O–H groups in total. The molecular weight excluding hydrogens is 1280 g/mol. The maximum atomic E-state index is 15.0. The van der Waals surface area contributed by atoms with Crippen molar-refractivity contribution in [1.29, 1.82) is 0 Å². The Bertz CT molecular complexity index is 3600. The number of thioether (sulfide) groups is 2. The molecule has 0 spiro atoms. The molecule has 4 aromatic carbocycles. The van der Waals surface area contributed by atoms with Crippen LogP contribution < -0.4 is 5.32 Å². The Morgan fingerprint density at radius 2 is 1.03 bits per heavy atom. The van der Waals surface area contributed by atoms with Gasteiger partial charge in [-0.15, -0.1) is 0 Å². The molecule has 15 nitrogen and oxygen atoms in total. The van der Waals surface area contributed by atoms with Gasteiger partial charge in [0.15, 0.2) is 10.3 Å². The van der Waals surface area contributed by atoms with Crippen molar-refractivity contribution >= 4 is 104 Å². The summed E-state index contributed by atoms with van der Waals surface area (Å²) in [5, 5.41) is 15.7. The lowest BCUT2D eigenvalue weighted by atomic mass is 9.81. The largest absolute Gasteiger partial charge is 0.477 e. The van der Waals surface area contributed by atoms with Crippen LogP contribution in [0.1, 0.15) is 129 Å². The number of hydrogen-bond acceptors (Lipinski definition) is 13. The highest BCUT2D eigenvalue weighted by atomic mass is 35.5. The van der Waals surface area contributed by atoms with Gasteiger partial charge in [0, 0.05) is 84.9 Å². The van der Waals surface area contributed by atoms with Gasteiger partial charge in [0.1, 0.15) is 38.6 Å². The summed E-state index contributed by atoms with van der Waals surface area (Å²) in [6.07, 6.45) is 3.54. The van der Waals surface area contributed by atoms with E-state index in [0.717, 1.165) is 74.0 Å². The van der Waals surface area contributed by atoms with Gasteiger partial charge in [0.25, 0.3) is 5.91 Å². The van der Waals surface area contributed by atoms with Gasteiger partial charge in [-0.3, -0.25) is 14.4 Å². The van der Waals surface area contributed by atoms with E-state index >= 15 is 0 Å². The molecule has 0 aromatic heterocycles. The van der Waals surface area contributed by atoms with Crippen molar-refractivity contribution in [1.82, 2.24) is 39.6 Å². The molecule has 3 amide bonds. The maximum Gasteiger partial charge on any atom is 0.344 e. The van der Waals surface area contributed by atoms with Crippen LogP contribution in [0.2, 0.25) is 20.1 Å². The number of fused-ring (bicyclic) bond motifs is 2. The van der Waals surface area contributed by atoms with Gasteiger partial charge < -0.3 is 44.7 Å². The van der Waals surface area contributed by atoms with Crippen LogP contribution in [0.15, 0.2) is 116 Å². The number of aliphatic carboxylic acids is 1. The summed E-state index contributed by atoms with van der Waals surface area (Å²) < 4.78 is 29.4. The molecule has 91 heavy (non-hydrogen) atoms. The minimum atomic E-state index is -0.991. The van der Waals surface area contributed by atoms with E-state index in [-0.39, 0.29) is 56.7 Å². The summed E-state index contributed by atoms with van der Waals surface area (Å²) in [4.78, 5) is 78.1. The molecule has 488 valence electrons. The Labute approximate surface area is 562 Å². The summed E-state index contributed by atoms with van der Waals surface area (Å²) in [6, 6.07) is 24.4. The van der Waals surface area contributed by atoms with Crippen molar-refractivity contribution < 1.29 is 33.1 Å². The van der Waals surface area contributed by atoms with Crippen LogP contribution in [0, 0.1) is 23.5 Å². The van der Waals surface area contributed by atoms with Crippen LogP contribution in [0.25, 0.3) is 0 Å². The first-order chi connectivity index (χ1) is 43.0. The number of allylic oxidation sites excluding steroid dienone is 2.